The fraction of sp³-hybridized carbons (Fsp3) is 0.586. The molecule has 3 atom stereocenters. The van der Waals surface area contributed by atoms with Crippen molar-refractivity contribution in [1.82, 2.24) is 10.2 Å². The predicted octanol–water partition coefficient (Wildman–Crippen LogP) is 1.83. The van der Waals surface area contributed by atoms with Gasteiger partial charge in [-0.1, -0.05) is 32.9 Å². The van der Waals surface area contributed by atoms with E-state index in [2.05, 4.69) is 20.6 Å². The molecule has 2 aliphatic heterocycles. The highest BCUT2D eigenvalue weighted by Gasteiger charge is 2.47. The number of carbonyl (C=O) groups excluding carboxylic acids is 3. The number of amidine groups is 1. The van der Waals surface area contributed by atoms with Crippen molar-refractivity contribution in [1.29, 1.82) is 0 Å². The minimum atomic E-state index is -1.26. The molecule has 3 amide bonds. The van der Waals surface area contributed by atoms with Gasteiger partial charge in [0.2, 0.25) is 11.8 Å². The Morgan fingerprint density at radius 1 is 1.18 bits per heavy atom. The number of rotatable bonds is 11. The largest absolute Gasteiger partial charge is 0.480 e. The summed E-state index contributed by atoms with van der Waals surface area (Å²) in [4.78, 5) is 61.0. The van der Waals surface area contributed by atoms with Crippen LogP contribution in [0.25, 0.3) is 0 Å². The number of nitrogens with one attached hydrogen (secondary N) is 3. The SMILES string of the molecule is CCC(CC)(C(=O)NC(CCc1ccc(NC(=O)C2(C)[NH+]=C(SC)N=CC2C)cc1)C(=O)O)C(=O)N1CCCC1. The van der Waals surface area contributed by atoms with E-state index in [0.717, 1.165) is 18.4 Å². The molecule has 40 heavy (non-hydrogen) atoms. The standard InChI is InChI=1S/C29H41N5O5S/c1-6-29(7-2,26(39)34-16-8-9-17-34)25(38)32-22(23(35)36)15-12-20-10-13-21(14-11-20)31-24(37)28(4)19(3)18-30-27(33-28)40-5/h10-11,13-14,18-19,22H,6-9,12,15-17H2,1-5H3,(H,31,37)(H,32,38)(H,35,36)/p+1. The average Bonchev–Trinajstić information content (AvgIpc) is 3.49. The van der Waals surface area contributed by atoms with Crippen LogP contribution < -0.4 is 15.6 Å². The van der Waals surface area contributed by atoms with Gasteiger partial charge < -0.3 is 20.6 Å². The van der Waals surface area contributed by atoms with Crippen molar-refractivity contribution >= 4 is 52.5 Å². The van der Waals surface area contributed by atoms with E-state index >= 15 is 0 Å². The van der Waals surface area contributed by atoms with Crippen LogP contribution in [0, 0.1) is 11.3 Å². The number of hydrogen-bond acceptors (Lipinski definition) is 6. The summed E-state index contributed by atoms with van der Waals surface area (Å²) in [5.41, 5.74) is -0.631. The van der Waals surface area contributed by atoms with Gasteiger partial charge in [-0.05, 0) is 86.2 Å². The van der Waals surface area contributed by atoms with E-state index in [1.165, 1.54) is 11.8 Å². The second-order valence-electron chi connectivity index (χ2n) is 10.7. The molecule has 2 heterocycles. The predicted molar refractivity (Wildman–Crippen MR) is 157 cm³/mol. The van der Waals surface area contributed by atoms with Crippen LogP contribution in [0.4, 0.5) is 5.69 Å². The van der Waals surface area contributed by atoms with E-state index < -0.39 is 28.9 Å². The van der Waals surface area contributed by atoms with Crippen molar-refractivity contribution < 1.29 is 29.3 Å². The van der Waals surface area contributed by atoms with Gasteiger partial charge in [0.05, 0.1) is 5.92 Å². The molecule has 0 radical (unpaired) electrons. The van der Waals surface area contributed by atoms with Crippen molar-refractivity contribution in [3.63, 3.8) is 0 Å². The lowest BCUT2D eigenvalue weighted by Gasteiger charge is -2.34. The topological polar surface area (TPSA) is 142 Å². The Morgan fingerprint density at radius 2 is 1.80 bits per heavy atom. The molecule has 0 saturated carbocycles. The molecule has 4 N–H and O–H groups in total. The molecular weight excluding hydrogens is 530 g/mol. The number of carboxylic acid groups (broad SMARTS) is 1. The van der Waals surface area contributed by atoms with Crippen molar-refractivity contribution in [2.75, 3.05) is 24.7 Å². The minimum Gasteiger partial charge on any atom is -0.480 e. The number of aryl methyl sites for hydroxylation is 1. The number of likely N-dealkylation sites (tertiary alicyclic amines) is 1. The van der Waals surface area contributed by atoms with Gasteiger partial charge in [-0.2, -0.15) is 0 Å². The molecule has 1 fully saturated rings. The monoisotopic (exact) mass is 572 g/mol. The molecule has 0 spiro atoms. The molecule has 1 aromatic carbocycles. The summed E-state index contributed by atoms with van der Waals surface area (Å²) in [5, 5.41) is 16.1. The number of hydrogen-bond donors (Lipinski definition) is 4. The number of amides is 3. The van der Waals surface area contributed by atoms with E-state index in [0.29, 0.717) is 43.2 Å². The van der Waals surface area contributed by atoms with Crippen LogP contribution in [0.1, 0.15) is 65.4 Å². The van der Waals surface area contributed by atoms with E-state index in [1.807, 2.05) is 32.2 Å². The maximum atomic E-state index is 13.3. The Kier molecular flexibility index (Phi) is 10.5. The third-order valence-electron chi connectivity index (χ3n) is 8.34. The summed E-state index contributed by atoms with van der Waals surface area (Å²) in [5.74, 6) is -2.17. The number of benzene rings is 1. The van der Waals surface area contributed by atoms with Gasteiger partial charge in [-0.15, -0.1) is 0 Å². The minimum absolute atomic E-state index is 0.115. The Labute approximate surface area is 240 Å². The number of carboxylic acids is 1. The van der Waals surface area contributed by atoms with E-state index in [1.54, 1.807) is 37.1 Å². The molecule has 3 rings (SSSR count). The fourth-order valence-electron chi connectivity index (χ4n) is 5.14. The molecule has 218 valence electrons. The zero-order valence-corrected chi connectivity index (χ0v) is 24.9. The smallest absolute Gasteiger partial charge is 0.352 e. The Balaban J connectivity index is 1.63. The van der Waals surface area contributed by atoms with E-state index in [-0.39, 0.29) is 24.2 Å². The van der Waals surface area contributed by atoms with Crippen molar-refractivity contribution in [2.45, 2.75) is 77.8 Å². The van der Waals surface area contributed by atoms with Gasteiger partial charge in [0, 0.05) is 18.8 Å². The van der Waals surface area contributed by atoms with Crippen molar-refractivity contribution in [3.05, 3.63) is 29.8 Å². The van der Waals surface area contributed by atoms with E-state index in [4.69, 9.17) is 0 Å². The number of aliphatic imine (C=N–C) groups is 1. The average molecular weight is 573 g/mol. The van der Waals surface area contributed by atoms with Crippen LogP contribution in [-0.4, -0.2) is 76.0 Å². The molecule has 3 unspecified atom stereocenters. The fourth-order valence-corrected chi connectivity index (χ4v) is 5.62. The second kappa shape index (κ2) is 13.4. The highest BCUT2D eigenvalue weighted by molar-refractivity contribution is 8.13. The molecule has 2 aliphatic rings. The third kappa shape index (κ3) is 6.74. The first-order chi connectivity index (χ1) is 19.0. The first-order valence-corrected chi connectivity index (χ1v) is 15.2. The third-order valence-corrected chi connectivity index (χ3v) is 8.93. The van der Waals surface area contributed by atoms with Crippen LogP contribution in [0.2, 0.25) is 0 Å². The summed E-state index contributed by atoms with van der Waals surface area (Å²) in [7, 11) is 0. The van der Waals surface area contributed by atoms with Gasteiger partial charge in [-0.25, -0.2) is 4.79 Å². The van der Waals surface area contributed by atoms with Crippen LogP contribution in [-0.2, 0) is 25.6 Å². The summed E-state index contributed by atoms with van der Waals surface area (Å²) in [6, 6.07) is 6.09. The molecule has 11 heteroatoms. The number of aliphatic carboxylic acids is 1. The molecule has 0 bridgehead atoms. The molecule has 0 aliphatic carbocycles. The summed E-state index contributed by atoms with van der Waals surface area (Å²) in [6.45, 7) is 8.63. The zero-order chi connectivity index (χ0) is 29.5. The lowest BCUT2D eigenvalue weighted by Crippen LogP contribution is -2.92. The van der Waals surface area contributed by atoms with Gasteiger partial charge in [0.25, 0.3) is 5.91 Å². The summed E-state index contributed by atoms with van der Waals surface area (Å²) < 4.78 is 0. The first-order valence-electron chi connectivity index (χ1n) is 14.0. The van der Waals surface area contributed by atoms with Gasteiger partial charge in [-0.3, -0.25) is 19.4 Å². The number of nitrogens with zero attached hydrogens (tertiary/aromatic N) is 2. The van der Waals surface area contributed by atoms with Crippen LogP contribution in [0.3, 0.4) is 0 Å². The van der Waals surface area contributed by atoms with Crippen molar-refractivity contribution in [3.8, 4) is 0 Å². The van der Waals surface area contributed by atoms with Gasteiger partial charge in [0.1, 0.15) is 17.7 Å². The highest BCUT2D eigenvalue weighted by Crippen LogP contribution is 2.31. The number of anilines is 1. The van der Waals surface area contributed by atoms with Crippen LogP contribution in [0.5, 0.6) is 0 Å². The number of carbonyl (C=O) groups is 4. The molecule has 10 nitrogen and oxygen atoms in total. The van der Waals surface area contributed by atoms with Crippen molar-refractivity contribution in [2.24, 2.45) is 16.3 Å². The van der Waals surface area contributed by atoms with Crippen LogP contribution in [0.15, 0.2) is 29.3 Å². The zero-order valence-electron chi connectivity index (χ0n) is 24.1. The summed E-state index contributed by atoms with van der Waals surface area (Å²) >= 11 is 1.44. The lowest BCUT2D eigenvalue weighted by molar-refractivity contribution is -0.535. The summed E-state index contributed by atoms with van der Waals surface area (Å²) in [6.07, 6.45) is 6.68. The normalized spacial score (nSPS) is 21.5. The van der Waals surface area contributed by atoms with E-state index in [9.17, 15) is 24.3 Å². The van der Waals surface area contributed by atoms with Gasteiger partial charge in [0.15, 0.2) is 5.54 Å². The maximum Gasteiger partial charge on any atom is 0.352 e. The highest BCUT2D eigenvalue weighted by atomic mass is 32.2. The Bertz CT molecular complexity index is 1160. The Hall–Kier alpha value is -3.21. The molecule has 1 saturated heterocycles. The van der Waals surface area contributed by atoms with Crippen LogP contribution >= 0.6 is 11.8 Å². The quantitative estimate of drug-likeness (QED) is 0.298. The Morgan fingerprint density at radius 3 is 2.35 bits per heavy atom. The molecule has 1 aromatic rings. The second-order valence-corrected chi connectivity index (χ2v) is 11.5. The lowest BCUT2D eigenvalue weighted by atomic mass is 9.79. The van der Waals surface area contributed by atoms with Gasteiger partial charge >= 0.3 is 11.1 Å². The molecule has 0 aromatic heterocycles. The maximum absolute atomic E-state index is 13.3. The first kappa shape index (κ1) is 31.3. The number of thioether (sulfide) groups is 1. The molecular formula is C29H42N5O5S+.